The van der Waals surface area contributed by atoms with Gasteiger partial charge in [0.1, 0.15) is 28.8 Å². The SMILES string of the molecule is Cc1ccc(F)c(-c2nc(C(=O)Cc3cnccc3[C@H]3C[C@@H](N)[C@H](O)[C@@H](C)C3)ccc2F)c1F. The summed E-state index contributed by atoms with van der Waals surface area (Å²) >= 11 is 0. The number of aliphatic hydroxyl groups is 1. The van der Waals surface area contributed by atoms with Gasteiger partial charge in [-0.25, -0.2) is 18.2 Å². The number of hydrogen-bond acceptors (Lipinski definition) is 5. The second kappa shape index (κ2) is 9.64. The first-order valence-electron chi connectivity index (χ1n) is 11.2. The average molecular weight is 470 g/mol. The lowest BCUT2D eigenvalue weighted by atomic mass is 9.74. The number of nitrogens with two attached hydrogens (primary N) is 1. The topological polar surface area (TPSA) is 89.1 Å². The van der Waals surface area contributed by atoms with Gasteiger partial charge in [0.15, 0.2) is 5.78 Å². The summed E-state index contributed by atoms with van der Waals surface area (Å²) in [5.41, 5.74) is 6.60. The summed E-state index contributed by atoms with van der Waals surface area (Å²) in [5.74, 6) is -3.19. The maximum Gasteiger partial charge on any atom is 0.185 e. The Morgan fingerprint density at radius 1 is 1.12 bits per heavy atom. The molecule has 1 fully saturated rings. The van der Waals surface area contributed by atoms with Crippen molar-refractivity contribution in [2.24, 2.45) is 11.7 Å². The third-order valence-corrected chi connectivity index (χ3v) is 6.62. The fraction of sp³-hybridized carbons (Fsp3) is 0.346. The van der Waals surface area contributed by atoms with Gasteiger partial charge in [0, 0.05) is 24.9 Å². The molecule has 0 amide bonds. The predicted octanol–water partition coefficient (Wildman–Crippen LogP) is 4.50. The number of carbonyl (C=O) groups is 1. The van der Waals surface area contributed by atoms with E-state index in [0.717, 1.165) is 17.7 Å². The summed E-state index contributed by atoms with van der Waals surface area (Å²) in [7, 11) is 0. The highest BCUT2D eigenvalue weighted by Gasteiger charge is 2.34. The number of rotatable bonds is 5. The van der Waals surface area contributed by atoms with Crippen molar-refractivity contribution in [2.45, 2.75) is 51.2 Å². The standard InChI is InChI=1S/C26H26F3N3O2/c1-13-3-4-18(27)23(24(13)29)25-19(28)5-6-21(32-25)22(33)11-16-12-31-8-7-17(16)15-9-14(2)26(34)20(30)10-15/h3-8,12,14-15,20,26,34H,9-11,30H2,1-2H3/t14-,15+,20+,26+/m0/s1. The molecule has 0 unspecified atom stereocenters. The minimum atomic E-state index is -0.960. The van der Waals surface area contributed by atoms with Gasteiger partial charge in [0.05, 0.1) is 11.7 Å². The van der Waals surface area contributed by atoms with E-state index in [1.807, 2.05) is 13.0 Å². The normalized spacial score (nSPS) is 22.6. The highest BCUT2D eigenvalue weighted by molar-refractivity contribution is 5.96. The summed E-state index contributed by atoms with van der Waals surface area (Å²) in [5, 5.41) is 10.2. The molecule has 0 aliphatic heterocycles. The van der Waals surface area contributed by atoms with E-state index in [1.165, 1.54) is 19.1 Å². The van der Waals surface area contributed by atoms with Crippen molar-refractivity contribution in [1.82, 2.24) is 9.97 Å². The molecule has 178 valence electrons. The zero-order valence-corrected chi connectivity index (χ0v) is 18.9. The minimum absolute atomic E-state index is 0.00547. The van der Waals surface area contributed by atoms with Crippen LogP contribution in [0.2, 0.25) is 0 Å². The van der Waals surface area contributed by atoms with Crippen LogP contribution in [-0.4, -0.2) is 33.0 Å². The predicted molar refractivity (Wildman–Crippen MR) is 122 cm³/mol. The second-order valence-electron chi connectivity index (χ2n) is 9.05. The van der Waals surface area contributed by atoms with E-state index in [4.69, 9.17) is 5.73 Å². The summed E-state index contributed by atoms with van der Waals surface area (Å²) in [6, 6.07) is 5.96. The van der Waals surface area contributed by atoms with Crippen LogP contribution in [-0.2, 0) is 6.42 Å². The number of pyridine rings is 2. The van der Waals surface area contributed by atoms with Crippen LogP contribution < -0.4 is 5.73 Å². The molecule has 0 saturated heterocycles. The second-order valence-corrected chi connectivity index (χ2v) is 9.05. The van der Waals surface area contributed by atoms with Crippen molar-refractivity contribution in [3.8, 4) is 11.3 Å². The van der Waals surface area contributed by atoms with Crippen LogP contribution in [0.5, 0.6) is 0 Å². The number of carbonyl (C=O) groups excluding carboxylic acids is 1. The average Bonchev–Trinajstić information content (AvgIpc) is 2.81. The van der Waals surface area contributed by atoms with Gasteiger partial charge in [-0.2, -0.15) is 0 Å². The van der Waals surface area contributed by atoms with E-state index >= 15 is 0 Å². The van der Waals surface area contributed by atoms with Crippen LogP contribution in [0.1, 0.15) is 52.9 Å². The number of aryl methyl sites for hydroxylation is 1. The molecule has 1 aliphatic rings. The highest BCUT2D eigenvalue weighted by Crippen LogP contribution is 2.37. The first-order valence-corrected chi connectivity index (χ1v) is 11.2. The number of halogens is 3. The van der Waals surface area contributed by atoms with E-state index in [9.17, 15) is 23.1 Å². The van der Waals surface area contributed by atoms with E-state index < -0.39 is 40.6 Å². The fourth-order valence-electron chi connectivity index (χ4n) is 4.72. The molecule has 0 radical (unpaired) electrons. The maximum atomic E-state index is 14.6. The van der Waals surface area contributed by atoms with Crippen LogP contribution >= 0.6 is 0 Å². The Hall–Kier alpha value is -3.10. The van der Waals surface area contributed by atoms with Crippen LogP contribution in [0.25, 0.3) is 11.3 Å². The van der Waals surface area contributed by atoms with E-state index in [1.54, 1.807) is 12.4 Å². The quantitative estimate of drug-likeness (QED) is 0.538. The number of aliphatic hydroxyl groups excluding tert-OH is 1. The van der Waals surface area contributed by atoms with Gasteiger partial charge in [0.25, 0.3) is 0 Å². The number of ketones is 1. The minimum Gasteiger partial charge on any atom is -0.391 e. The van der Waals surface area contributed by atoms with Crippen molar-refractivity contribution >= 4 is 5.78 Å². The van der Waals surface area contributed by atoms with E-state index in [0.29, 0.717) is 18.4 Å². The molecule has 34 heavy (non-hydrogen) atoms. The Balaban J connectivity index is 1.65. The fourth-order valence-corrected chi connectivity index (χ4v) is 4.72. The molecule has 5 nitrogen and oxygen atoms in total. The molecular weight excluding hydrogens is 443 g/mol. The largest absolute Gasteiger partial charge is 0.391 e. The lowest BCUT2D eigenvalue weighted by Crippen LogP contribution is -2.44. The highest BCUT2D eigenvalue weighted by atomic mass is 19.1. The van der Waals surface area contributed by atoms with Crippen molar-refractivity contribution in [3.63, 3.8) is 0 Å². The van der Waals surface area contributed by atoms with Crippen molar-refractivity contribution in [2.75, 3.05) is 0 Å². The van der Waals surface area contributed by atoms with Crippen molar-refractivity contribution in [1.29, 1.82) is 0 Å². The Bertz CT molecular complexity index is 1220. The van der Waals surface area contributed by atoms with E-state index in [2.05, 4.69) is 9.97 Å². The Morgan fingerprint density at radius 3 is 2.59 bits per heavy atom. The number of benzene rings is 1. The Kier molecular flexibility index (Phi) is 6.81. The van der Waals surface area contributed by atoms with Crippen LogP contribution in [0.3, 0.4) is 0 Å². The maximum absolute atomic E-state index is 14.6. The number of aromatic nitrogens is 2. The molecule has 0 spiro atoms. The lowest BCUT2D eigenvalue weighted by molar-refractivity contribution is 0.0519. The van der Waals surface area contributed by atoms with Crippen LogP contribution in [0, 0.1) is 30.3 Å². The van der Waals surface area contributed by atoms with Crippen LogP contribution in [0.4, 0.5) is 13.2 Å². The zero-order chi connectivity index (χ0) is 24.6. The van der Waals surface area contributed by atoms with Gasteiger partial charge in [-0.05, 0) is 72.6 Å². The smallest absolute Gasteiger partial charge is 0.185 e. The lowest BCUT2D eigenvalue weighted by Gasteiger charge is -2.36. The molecule has 0 bridgehead atoms. The zero-order valence-electron chi connectivity index (χ0n) is 18.9. The Labute approximate surface area is 195 Å². The molecule has 8 heteroatoms. The third-order valence-electron chi connectivity index (χ3n) is 6.62. The number of hydrogen-bond donors (Lipinski definition) is 2. The van der Waals surface area contributed by atoms with Crippen molar-refractivity contribution < 1.29 is 23.1 Å². The van der Waals surface area contributed by atoms with Crippen LogP contribution in [0.15, 0.2) is 42.7 Å². The third kappa shape index (κ3) is 4.60. The summed E-state index contributed by atoms with van der Waals surface area (Å²) < 4.78 is 43.4. The van der Waals surface area contributed by atoms with E-state index in [-0.39, 0.29) is 35.6 Å². The Morgan fingerprint density at radius 2 is 1.85 bits per heavy atom. The molecule has 1 aliphatic carbocycles. The molecule has 2 aromatic heterocycles. The molecule has 3 N–H and O–H groups in total. The number of nitrogens with zero attached hydrogens (tertiary/aromatic N) is 2. The summed E-state index contributed by atoms with van der Waals surface area (Å²) in [6.45, 7) is 3.38. The summed E-state index contributed by atoms with van der Waals surface area (Å²) in [4.78, 5) is 21.2. The monoisotopic (exact) mass is 469 g/mol. The summed E-state index contributed by atoms with van der Waals surface area (Å²) in [6.07, 6.45) is 3.88. The van der Waals surface area contributed by atoms with Gasteiger partial charge in [0.2, 0.25) is 0 Å². The van der Waals surface area contributed by atoms with Crippen molar-refractivity contribution in [3.05, 3.63) is 82.6 Å². The molecule has 1 aromatic carbocycles. The molecule has 2 heterocycles. The van der Waals surface area contributed by atoms with Gasteiger partial charge < -0.3 is 10.8 Å². The molecule has 4 rings (SSSR count). The van der Waals surface area contributed by atoms with Gasteiger partial charge in [-0.15, -0.1) is 0 Å². The molecular formula is C26H26F3N3O2. The number of Topliss-reactive ketones (excluding diaryl/α,β-unsaturated/α-hetero) is 1. The first-order chi connectivity index (χ1) is 16.2. The van der Waals surface area contributed by atoms with Gasteiger partial charge in [-0.1, -0.05) is 13.0 Å². The van der Waals surface area contributed by atoms with Gasteiger partial charge >= 0.3 is 0 Å². The molecule has 1 saturated carbocycles. The molecule has 3 aromatic rings. The first kappa shape index (κ1) is 24.0. The van der Waals surface area contributed by atoms with Gasteiger partial charge in [-0.3, -0.25) is 9.78 Å². The molecule has 4 atom stereocenters.